The minimum Gasteiger partial charge on any atom is -0.383 e. The Labute approximate surface area is 100 Å². The van der Waals surface area contributed by atoms with Crippen molar-refractivity contribution in [3.05, 3.63) is 6.07 Å². The largest absolute Gasteiger partial charge is 0.383 e. The fourth-order valence-electron chi connectivity index (χ4n) is 1.25. The third-order valence-electron chi connectivity index (χ3n) is 2.07. The second-order valence-corrected chi connectivity index (χ2v) is 3.69. The van der Waals surface area contributed by atoms with Crippen molar-refractivity contribution in [3.8, 4) is 0 Å². The summed E-state index contributed by atoms with van der Waals surface area (Å²) in [5.41, 5.74) is 11.0. The van der Waals surface area contributed by atoms with Gasteiger partial charge in [0.2, 0.25) is 11.9 Å². The summed E-state index contributed by atoms with van der Waals surface area (Å²) in [5.74, 6) is 0.687. The van der Waals surface area contributed by atoms with Crippen LogP contribution in [0.4, 0.5) is 17.6 Å². The highest BCUT2D eigenvalue weighted by Gasteiger charge is 2.12. The summed E-state index contributed by atoms with van der Waals surface area (Å²) in [5, 5.41) is 5.68. The molecule has 0 saturated heterocycles. The maximum absolute atomic E-state index is 11.6. The molecule has 0 saturated carbocycles. The molecule has 1 aromatic heterocycles. The van der Waals surface area contributed by atoms with Crippen molar-refractivity contribution in [1.29, 1.82) is 0 Å². The predicted octanol–water partition coefficient (Wildman–Crippen LogP) is -0.0324. The topological polar surface area (TPSA) is 119 Å². The zero-order valence-electron chi connectivity index (χ0n) is 10.0. The molecular formula is C10H18N6O. The molecule has 0 aliphatic heterocycles. The van der Waals surface area contributed by atoms with Crippen LogP contribution in [0.3, 0.4) is 0 Å². The minimum absolute atomic E-state index is 0.0775. The monoisotopic (exact) mass is 238 g/mol. The van der Waals surface area contributed by atoms with Crippen molar-refractivity contribution in [2.24, 2.45) is 0 Å². The Balaban J connectivity index is 2.60. The van der Waals surface area contributed by atoms with E-state index in [1.807, 2.05) is 6.92 Å². The number of hydrogen-bond donors (Lipinski definition) is 4. The zero-order chi connectivity index (χ0) is 12.8. The Kier molecular flexibility index (Phi) is 4.50. The number of aromatic nitrogens is 2. The highest BCUT2D eigenvalue weighted by Crippen LogP contribution is 2.10. The molecule has 1 atom stereocenters. The molecule has 1 aromatic rings. The van der Waals surface area contributed by atoms with E-state index < -0.39 is 6.04 Å². The van der Waals surface area contributed by atoms with Gasteiger partial charge in [-0.2, -0.15) is 9.97 Å². The Morgan fingerprint density at radius 3 is 2.76 bits per heavy atom. The Morgan fingerprint density at radius 1 is 1.47 bits per heavy atom. The van der Waals surface area contributed by atoms with Crippen LogP contribution in [0.25, 0.3) is 0 Å². The van der Waals surface area contributed by atoms with Gasteiger partial charge in [-0.1, -0.05) is 6.92 Å². The van der Waals surface area contributed by atoms with Crippen molar-refractivity contribution >= 4 is 23.5 Å². The van der Waals surface area contributed by atoms with Gasteiger partial charge >= 0.3 is 0 Å². The van der Waals surface area contributed by atoms with Crippen LogP contribution in [0.2, 0.25) is 0 Å². The normalized spacial score (nSPS) is 11.9. The molecule has 1 amide bonds. The van der Waals surface area contributed by atoms with Crippen molar-refractivity contribution < 1.29 is 4.79 Å². The van der Waals surface area contributed by atoms with Crippen molar-refractivity contribution in [2.75, 3.05) is 23.3 Å². The summed E-state index contributed by atoms with van der Waals surface area (Å²) in [6.07, 6.45) is 0.895. The fraction of sp³-hybridized carbons (Fsp3) is 0.500. The van der Waals surface area contributed by atoms with Gasteiger partial charge in [-0.25, -0.2) is 0 Å². The number of nitrogen functional groups attached to an aromatic ring is 2. The van der Waals surface area contributed by atoms with Crippen molar-refractivity contribution in [3.63, 3.8) is 0 Å². The summed E-state index contributed by atoms with van der Waals surface area (Å²) in [4.78, 5) is 19.3. The third-order valence-corrected chi connectivity index (χ3v) is 2.07. The van der Waals surface area contributed by atoms with Crippen LogP contribution in [0.15, 0.2) is 6.07 Å². The van der Waals surface area contributed by atoms with Crippen LogP contribution >= 0.6 is 0 Å². The molecule has 0 radical (unpaired) electrons. The van der Waals surface area contributed by atoms with Gasteiger partial charge in [0.15, 0.2) is 0 Å². The lowest BCUT2D eigenvalue weighted by Gasteiger charge is -2.14. The summed E-state index contributed by atoms with van der Waals surface area (Å²) in [6, 6.07) is 1.12. The molecule has 1 heterocycles. The van der Waals surface area contributed by atoms with Crippen LogP contribution in [0.1, 0.15) is 20.3 Å². The average molecular weight is 238 g/mol. The van der Waals surface area contributed by atoms with Gasteiger partial charge in [-0.3, -0.25) is 4.79 Å². The Bertz CT molecular complexity index is 374. The van der Waals surface area contributed by atoms with Crippen LogP contribution in [0, 0.1) is 0 Å². The molecule has 0 aliphatic carbocycles. The quantitative estimate of drug-likeness (QED) is 0.572. The molecular weight excluding hydrogens is 220 g/mol. The lowest BCUT2D eigenvalue weighted by molar-refractivity contribution is -0.121. The first-order chi connectivity index (χ1) is 8.02. The van der Waals surface area contributed by atoms with E-state index in [2.05, 4.69) is 20.6 Å². The number of anilines is 3. The van der Waals surface area contributed by atoms with Crippen molar-refractivity contribution in [1.82, 2.24) is 15.3 Å². The van der Waals surface area contributed by atoms with E-state index in [0.29, 0.717) is 12.4 Å². The Hall–Kier alpha value is -2.05. The molecule has 0 fully saturated rings. The zero-order valence-corrected chi connectivity index (χ0v) is 10.0. The average Bonchev–Trinajstić information content (AvgIpc) is 2.24. The van der Waals surface area contributed by atoms with Crippen LogP contribution < -0.4 is 22.1 Å². The summed E-state index contributed by atoms with van der Waals surface area (Å²) >= 11 is 0. The first-order valence-electron chi connectivity index (χ1n) is 5.47. The molecule has 17 heavy (non-hydrogen) atoms. The lowest BCUT2D eigenvalue weighted by Crippen LogP contribution is -2.38. The molecule has 1 rings (SSSR count). The molecule has 0 aromatic carbocycles. The van der Waals surface area contributed by atoms with Gasteiger partial charge < -0.3 is 22.1 Å². The summed E-state index contributed by atoms with van der Waals surface area (Å²) < 4.78 is 0. The second-order valence-electron chi connectivity index (χ2n) is 3.69. The highest BCUT2D eigenvalue weighted by molar-refractivity contribution is 5.83. The summed E-state index contributed by atoms with van der Waals surface area (Å²) in [6.45, 7) is 4.38. The van der Waals surface area contributed by atoms with E-state index in [4.69, 9.17) is 11.5 Å². The number of nitrogens with one attached hydrogen (secondary N) is 2. The van der Waals surface area contributed by atoms with Crippen molar-refractivity contribution in [2.45, 2.75) is 26.3 Å². The smallest absolute Gasteiger partial charge is 0.242 e. The SMILES string of the molecule is CCCNC(=O)C(C)Nc1cc(N)nc(N)n1. The number of hydrogen-bond acceptors (Lipinski definition) is 6. The maximum Gasteiger partial charge on any atom is 0.242 e. The number of carbonyl (C=O) groups is 1. The van der Waals surface area contributed by atoms with Gasteiger partial charge in [-0.15, -0.1) is 0 Å². The van der Waals surface area contributed by atoms with Crippen LogP contribution in [0.5, 0.6) is 0 Å². The lowest BCUT2D eigenvalue weighted by atomic mass is 10.3. The first kappa shape index (κ1) is 13.0. The number of nitrogens with zero attached hydrogens (tertiary/aromatic N) is 2. The number of carbonyl (C=O) groups excluding carboxylic acids is 1. The highest BCUT2D eigenvalue weighted by atomic mass is 16.2. The molecule has 0 spiro atoms. The van der Waals surface area contributed by atoms with Crippen LogP contribution in [-0.2, 0) is 4.79 Å². The first-order valence-corrected chi connectivity index (χ1v) is 5.47. The molecule has 1 unspecified atom stereocenters. The van der Waals surface area contributed by atoms with Gasteiger partial charge in [-0.05, 0) is 13.3 Å². The van der Waals surface area contributed by atoms with Gasteiger partial charge in [0, 0.05) is 12.6 Å². The summed E-state index contributed by atoms with van der Waals surface area (Å²) in [7, 11) is 0. The molecule has 0 bridgehead atoms. The van der Waals surface area contributed by atoms with Gasteiger partial charge in [0.1, 0.15) is 17.7 Å². The number of amides is 1. The van der Waals surface area contributed by atoms with E-state index in [1.54, 1.807) is 6.92 Å². The Morgan fingerprint density at radius 2 is 2.18 bits per heavy atom. The standard InChI is InChI=1S/C10H18N6O/c1-3-4-13-9(17)6(2)14-8-5-7(11)15-10(12)16-8/h5-6H,3-4H2,1-2H3,(H,13,17)(H5,11,12,14,15,16). The van der Waals surface area contributed by atoms with E-state index in [1.165, 1.54) is 6.07 Å². The van der Waals surface area contributed by atoms with Gasteiger partial charge in [0.05, 0.1) is 0 Å². The van der Waals surface area contributed by atoms with Crippen LogP contribution in [-0.4, -0.2) is 28.5 Å². The second kappa shape index (κ2) is 5.88. The van der Waals surface area contributed by atoms with E-state index in [-0.39, 0.29) is 17.7 Å². The maximum atomic E-state index is 11.6. The minimum atomic E-state index is -0.407. The van der Waals surface area contributed by atoms with E-state index >= 15 is 0 Å². The molecule has 94 valence electrons. The van der Waals surface area contributed by atoms with E-state index in [0.717, 1.165) is 6.42 Å². The molecule has 6 N–H and O–H groups in total. The molecule has 7 heteroatoms. The molecule has 0 aliphatic rings. The predicted molar refractivity (Wildman–Crippen MR) is 67.2 cm³/mol. The number of rotatable bonds is 5. The van der Waals surface area contributed by atoms with Gasteiger partial charge in [0.25, 0.3) is 0 Å². The van der Waals surface area contributed by atoms with E-state index in [9.17, 15) is 4.79 Å². The number of nitrogens with two attached hydrogens (primary N) is 2. The molecule has 7 nitrogen and oxygen atoms in total. The third kappa shape index (κ3) is 4.13. The fourth-order valence-corrected chi connectivity index (χ4v) is 1.25.